The Morgan fingerprint density at radius 1 is 1.11 bits per heavy atom. The summed E-state index contributed by atoms with van der Waals surface area (Å²) in [4.78, 5) is 10.4. The zero-order valence-corrected chi connectivity index (χ0v) is 16.7. The fourth-order valence-electron chi connectivity index (χ4n) is 4.10. The van der Waals surface area contributed by atoms with E-state index in [1.54, 1.807) is 37.3 Å². The predicted octanol–water partition coefficient (Wildman–Crippen LogP) is 4.27. The van der Waals surface area contributed by atoms with Gasteiger partial charge in [0.1, 0.15) is 11.2 Å². The second kappa shape index (κ2) is 9.18. The van der Waals surface area contributed by atoms with Crippen LogP contribution in [0, 0.1) is 11.8 Å². The number of aliphatic carboxylic acids is 1. The summed E-state index contributed by atoms with van der Waals surface area (Å²) in [6.07, 6.45) is 22.5. The molecule has 3 N–H and O–H groups in total. The molecule has 0 unspecified atom stereocenters. The normalized spacial score (nSPS) is 33.9. The van der Waals surface area contributed by atoms with Gasteiger partial charge >= 0.3 is 5.97 Å². The van der Waals surface area contributed by atoms with Crippen molar-refractivity contribution in [1.82, 2.24) is 0 Å². The zero-order chi connectivity index (χ0) is 20.8. The molecule has 0 radical (unpaired) electrons. The molecule has 0 spiro atoms. The molecule has 4 atom stereocenters. The van der Waals surface area contributed by atoms with Gasteiger partial charge in [0.15, 0.2) is 0 Å². The second-order valence-corrected chi connectivity index (χ2v) is 7.60. The highest BCUT2D eigenvalue weighted by Gasteiger charge is 2.55. The van der Waals surface area contributed by atoms with Crippen molar-refractivity contribution in [3.8, 4) is 0 Å². The van der Waals surface area contributed by atoms with E-state index in [9.17, 15) is 15.0 Å². The molecule has 150 valence electrons. The zero-order valence-electron chi connectivity index (χ0n) is 16.7. The summed E-state index contributed by atoms with van der Waals surface area (Å²) in [7, 11) is 0. The summed E-state index contributed by atoms with van der Waals surface area (Å²) in [6, 6.07) is 0. The highest BCUT2D eigenvalue weighted by Crippen LogP contribution is 2.50. The van der Waals surface area contributed by atoms with Crippen molar-refractivity contribution in [3.05, 3.63) is 84.1 Å². The molecule has 0 saturated carbocycles. The Kier molecular flexibility index (Phi) is 7.17. The van der Waals surface area contributed by atoms with E-state index >= 15 is 0 Å². The van der Waals surface area contributed by atoms with Crippen molar-refractivity contribution in [2.45, 2.75) is 44.8 Å². The molecule has 0 amide bonds. The van der Waals surface area contributed by atoms with E-state index in [2.05, 4.69) is 13.0 Å². The van der Waals surface area contributed by atoms with Gasteiger partial charge in [-0.1, -0.05) is 72.4 Å². The van der Waals surface area contributed by atoms with Crippen LogP contribution in [0.25, 0.3) is 0 Å². The first-order valence-electron chi connectivity index (χ1n) is 9.60. The molecular weight excluding hydrogens is 352 g/mol. The third-order valence-corrected chi connectivity index (χ3v) is 5.59. The highest BCUT2D eigenvalue weighted by molar-refractivity contribution is 5.80. The van der Waals surface area contributed by atoms with Crippen LogP contribution in [0.3, 0.4) is 0 Å². The Labute approximate surface area is 167 Å². The topological polar surface area (TPSA) is 77.8 Å². The van der Waals surface area contributed by atoms with Crippen LogP contribution in [0.15, 0.2) is 84.1 Å². The van der Waals surface area contributed by atoms with Crippen LogP contribution in [0.4, 0.5) is 0 Å². The van der Waals surface area contributed by atoms with Gasteiger partial charge in [0.25, 0.3) is 0 Å². The minimum atomic E-state index is -1.37. The molecule has 0 fully saturated rings. The molecule has 2 aliphatic carbocycles. The van der Waals surface area contributed by atoms with Crippen LogP contribution in [0.2, 0.25) is 0 Å². The molecular formula is C24H30O4. The number of allylic oxidation sites excluding steroid dienone is 10. The Balaban J connectivity index is 2.21. The van der Waals surface area contributed by atoms with Crippen molar-refractivity contribution in [3.63, 3.8) is 0 Å². The van der Waals surface area contributed by atoms with Crippen molar-refractivity contribution in [2.75, 3.05) is 0 Å². The number of rotatable bonds is 6. The SMILES string of the molecule is C\C=C(/C=C/C=C/C=C/C=C/C(=O)O)[C@]1(O)[C@H]2CC=C(C)C[C@@H]2C=C[C@@]1(C)O. The molecule has 0 aliphatic heterocycles. The summed E-state index contributed by atoms with van der Waals surface area (Å²) in [5.74, 6) is -0.866. The lowest BCUT2D eigenvalue weighted by Gasteiger charge is -2.52. The average Bonchev–Trinajstić information content (AvgIpc) is 2.63. The quantitative estimate of drug-likeness (QED) is 0.364. The summed E-state index contributed by atoms with van der Waals surface area (Å²) >= 11 is 0. The van der Waals surface area contributed by atoms with Gasteiger partial charge < -0.3 is 15.3 Å². The summed E-state index contributed by atoms with van der Waals surface area (Å²) < 4.78 is 0. The maximum atomic E-state index is 11.7. The highest BCUT2D eigenvalue weighted by atomic mass is 16.4. The van der Waals surface area contributed by atoms with Gasteiger partial charge in [-0.15, -0.1) is 0 Å². The molecule has 2 rings (SSSR count). The van der Waals surface area contributed by atoms with E-state index in [1.165, 1.54) is 11.6 Å². The molecule has 0 aromatic carbocycles. The molecule has 0 heterocycles. The molecule has 0 aromatic heterocycles. The molecule has 0 saturated heterocycles. The van der Waals surface area contributed by atoms with Gasteiger partial charge in [-0.05, 0) is 45.1 Å². The minimum Gasteiger partial charge on any atom is -0.478 e. The van der Waals surface area contributed by atoms with Gasteiger partial charge in [0.2, 0.25) is 0 Å². The van der Waals surface area contributed by atoms with Crippen LogP contribution in [-0.4, -0.2) is 32.5 Å². The monoisotopic (exact) mass is 382 g/mol. The van der Waals surface area contributed by atoms with Crippen molar-refractivity contribution in [1.29, 1.82) is 0 Å². The summed E-state index contributed by atoms with van der Waals surface area (Å²) in [6.45, 7) is 5.64. The Bertz CT molecular complexity index is 789. The largest absolute Gasteiger partial charge is 0.478 e. The van der Waals surface area contributed by atoms with E-state index in [1.807, 2.05) is 31.2 Å². The lowest BCUT2D eigenvalue weighted by molar-refractivity contribution is -0.137. The fraction of sp³-hybridized carbons (Fsp3) is 0.375. The molecule has 0 aromatic rings. The van der Waals surface area contributed by atoms with E-state index in [0.29, 0.717) is 5.57 Å². The van der Waals surface area contributed by atoms with Gasteiger partial charge in [0.05, 0.1) is 0 Å². The Hall–Kier alpha value is -2.43. The first-order valence-corrected chi connectivity index (χ1v) is 9.60. The number of fused-ring (bicyclic) bond motifs is 1. The third-order valence-electron chi connectivity index (χ3n) is 5.59. The third kappa shape index (κ3) is 4.70. The molecule has 4 heteroatoms. The number of carboxylic acids is 1. The van der Waals surface area contributed by atoms with Gasteiger partial charge in [-0.3, -0.25) is 0 Å². The van der Waals surface area contributed by atoms with Gasteiger partial charge in [-0.25, -0.2) is 4.79 Å². The fourth-order valence-corrected chi connectivity index (χ4v) is 4.10. The van der Waals surface area contributed by atoms with Crippen molar-refractivity contribution >= 4 is 5.97 Å². The standard InChI is InChI=1S/C24H30O4/c1-4-20(11-9-7-5-6-8-10-12-22(25)26)24(28)21-14-13-18(2)17-19(21)15-16-23(24,3)27/h4-13,15-16,19,21,27-28H,14,17H2,1-3H3,(H,25,26)/b7-5+,8-6+,11-9+,12-10+,20-4+/t19-,21-,23+,24-/m0/s1. The maximum Gasteiger partial charge on any atom is 0.328 e. The average molecular weight is 383 g/mol. The van der Waals surface area contributed by atoms with Gasteiger partial charge in [-0.2, -0.15) is 0 Å². The second-order valence-electron chi connectivity index (χ2n) is 7.60. The molecule has 2 aliphatic rings. The first-order chi connectivity index (χ1) is 13.2. The number of aliphatic hydroxyl groups is 2. The molecule has 4 nitrogen and oxygen atoms in total. The summed E-state index contributed by atoms with van der Waals surface area (Å²) in [5, 5.41) is 31.3. The Morgan fingerprint density at radius 3 is 2.32 bits per heavy atom. The van der Waals surface area contributed by atoms with Crippen LogP contribution in [0.5, 0.6) is 0 Å². The van der Waals surface area contributed by atoms with Crippen LogP contribution >= 0.6 is 0 Å². The lowest BCUT2D eigenvalue weighted by Crippen LogP contribution is -2.61. The van der Waals surface area contributed by atoms with E-state index in [-0.39, 0.29) is 11.8 Å². The van der Waals surface area contributed by atoms with Crippen molar-refractivity contribution < 1.29 is 20.1 Å². The minimum absolute atomic E-state index is 0.0860. The van der Waals surface area contributed by atoms with E-state index < -0.39 is 17.2 Å². The van der Waals surface area contributed by atoms with Crippen LogP contribution < -0.4 is 0 Å². The predicted molar refractivity (Wildman–Crippen MR) is 113 cm³/mol. The number of hydrogen-bond acceptors (Lipinski definition) is 3. The first kappa shape index (κ1) is 21.9. The number of hydrogen-bond donors (Lipinski definition) is 3. The van der Waals surface area contributed by atoms with E-state index in [0.717, 1.165) is 18.9 Å². The molecule has 0 bridgehead atoms. The number of carbonyl (C=O) groups is 1. The van der Waals surface area contributed by atoms with Crippen LogP contribution in [0.1, 0.15) is 33.6 Å². The van der Waals surface area contributed by atoms with E-state index in [4.69, 9.17) is 5.11 Å². The van der Waals surface area contributed by atoms with Crippen molar-refractivity contribution in [2.24, 2.45) is 11.8 Å². The summed E-state index contributed by atoms with van der Waals surface area (Å²) in [5.41, 5.74) is -0.726. The number of carboxylic acid groups (broad SMARTS) is 1. The maximum absolute atomic E-state index is 11.7. The van der Waals surface area contributed by atoms with Gasteiger partial charge in [0, 0.05) is 12.0 Å². The molecule has 28 heavy (non-hydrogen) atoms. The van der Waals surface area contributed by atoms with Crippen LogP contribution in [-0.2, 0) is 4.79 Å². The lowest BCUT2D eigenvalue weighted by atomic mass is 9.58. The Morgan fingerprint density at radius 2 is 1.71 bits per heavy atom. The smallest absolute Gasteiger partial charge is 0.328 e.